The van der Waals surface area contributed by atoms with E-state index < -0.39 is 10.0 Å². The molecule has 0 bridgehead atoms. The molecule has 0 radical (unpaired) electrons. The Balaban J connectivity index is 1.68. The molecule has 0 aliphatic heterocycles. The van der Waals surface area contributed by atoms with Gasteiger partial charge < -0.3 is 4.42 Å². The normalized spacial score (nSPS) is 11.7. The number of benzene rings is 2. The maximum absolute atomic E-state index is 12.6. The number of hydrogen-bond acceptors (Lipinski definition) is 5. The molecule has 0 saturated carbocycles. The zero-order chi connectivity index (χ0) is 18.7. The van der Waals surface area contributed by atoms with Crippen LogP contribution < -0.4 is 4.72 Å². The minimum Gasteiger partial charge on any atom is -0.421 e. The van der Waals surface area contributed by atoms with Crippen LogP contribution in [0.3, 0.4) is 0 Å². The molecule has 3 aromatic rings. The molecule has 3 rings (SSSR count). The van der Waals surface area contributed by atoms with Crippen molar-refractivity contribution in [1.82, 2.24) is 14.9 Å². The van der Waals surface area contributed by atoms with Crippen molar-refractivity contribution in [3.8, 4) is 11.5 Å². The third-order valence-electron chi connectivity index (χ3n) is 3.99. The van der Waals surface area contributed by atoms with Crippen molar-refractivity contribution in [2.75, 3.05) is 6.54 Å². The van der Waals surface area contributed by atoms with Crippen LogP contribution in [0.1, 0.15) is 22.6 Å². The summed E-state index contributed by atoms with van der Waals surface area (Å²) < 4.78 is 33.5. The van der Waals surface area contributed by atoms with E-state index >= 15 is 0 Å². The first-order chi connectivity index (χ1) is 12.4. The van der Waals surface area contributed by atoms with Crippen molar-refractivity contribution in [3.63, 3.8) is 0 Å². The molecule has 0 spiro atoms. The molecule has 1 heterocycles. The molecule has 0 fully saturated rings. The number of nitrogens with zero attached hydrogens (tertiary/aromatic N) is 2. The van der Waals surface area contributed by atoms with Gasteiger partial charge in [0.1, 0.15) is 0 Å². The maximum Gasteiger partial charge on any atom is 0.247 e. The predicted octanol–water partition coefficient (Wildman–Crippen LogP) is 3.18. The Morgan fingerprint density at radius 3 is 2.31 bits per heavy atom. The van der Waals surface area contributed by atoms with Gasteiger partial charge in [0.05, 0.1) is 4.90 Å². The van der Waals surface area contributed by atoms with Crippen molar-refractivity contribution in [1.29, 1.82) is 0 Å². The monoisotopic (exact) mass is 371 g/mol. The minimum atomic E-state index is -3.59. The second-order valence-corrected chi connectivity index (χ2v) is 7.95. The molecule has 0 amide bonds. The van der Waals surface area contributed by atoms with Crippen molar-refractivity contribution in [3.05, 3.63) is 65.0 Å². The summed E-state index contributed by atoms with van der Waals surface area (Å²) >= 11 is 0. The first kappa shape index (κ1) is 18.3. The number of aryl methyl sites for hydroxylation is 3. The van der Waals surface area contributed by atoms with Gasteiger partial charge in [0, 0.05) is 18.5 Å². The van der Waals surface area contributed by atoms with Crippen LogP contribution in [0.5, 0.6) is 0 Å². The van der Waals surface area contributed by atoms with E-state index in [0.29, 0.717) is 23.1 Å². The van der Waals surface area contributed by atoms with Gasteiger partial charge in [-0.15, -0.1) is 10.2 Å². The highest BCUT2D eigenvalue weighted by Crippen LogP contribution is 2.21. The quantitative estimate of drug-likeness (QED) is 0.719. The van der Waals surface area contributed by atoms with E-state index in [9.17, 15) is 8.42 Å². The van der Waals surface area contributed by atoms with E-state index in [1.165, 1.54) is 0 Å². The van der Waals surface area contributed by atoms with E-state index in [0.717, 1.165) is 22.3 Å². The zero-order valence-corrected chi connectivity index (χ0v) is 15.8. The third kappa shape index (κ3) is 4.00. The fraction of sp³-hybridized carbons (Fsp3) is 0.263. The molecule has 136 valence electrons. The summed E-state index contributed by atoms with van der Waals surface area (Å²) in [6, 6.07) is 13.2. The van der Waals surface area contributed by atoms with E-state index in [-0.39, 0.29) is 6.54 Å². The third-order valence-corrected chi connectivity index (χ3v) is 5.76. The van der Waals surface area contributed by atoms with E-state index in [2.05, 4.69) is 14.9 Å². The van der Waals surface area contributed by atoms with Gasteiger partial charge in [-0.3, -0.25) is 0 Å². The van der Waals surface area contributed by atoms with Crippen LogP contribution in [-0.2, 0) is 16.4 Å². The van der Waals surface area contributed by atoms with Gasteiger partial charge in [-0.1, -0.05) is 35.9 Å². The van der Waals surface area contributed by atoms with Gasteiger partial charge in [-0.05, 0) is 44.0 Å². The Morgan fingerprint density at radius 2 is 1.65 bits per heavy atom. The number of sulfonamides is 1. The zero-order valence-electron chi connectivity index (χ0n) is 15.0. The highest BCUT2D eigenvalue weighted by Gasteiger charge is 2.20. The van der Waals surface area contributed by atoms with Gasteiger partial charge in [-0.2, -0.15) is 0 Å². The van der Waals surface area contributed by atoms with Crippen molar-refractivity contribution in [2.24, 2.45) is 0 Å². The van der Waals surface area contributed by atoms with E-state index in [4.69, 9.17) is 4.42 Å². The van der Waals surface area contributed by atoms with Crippen molar-refractivity contribution >= 4 is 10.0 Å². The number of hydrogen-bond donors (Lipinski definition) is 1. The van der Waals surface area contributed by atoms with Crippen LogP contribution in [0.2, 0.25) is 0 Å². The van der Waals surface area contributed by atoms with Crippen LogP contribution in [0.15, 0.2) is 51.8 Å². The molecule has 26 heavy (non-hydrogen) atoms. The lowest BCUT2D eigenvalue weighted by Crippen LogP contribution is -2.27. The molecule has 1 aromatic heterocycles. The average Bonchev–Trinajstić information content (AvgIpc) is 3.03. The summed E-state index contributed by atoms with van der Waals surface area (Å²) in [6.07, 6.45) is 0.322. The van der Waals surface area contributed by atoms with Gasteiger partial charge in [0.25, 0.3) is 0 Å². The topological polar surface area (TPSA) is 85.1 Å². The lowest BCUT2D eigenvalue weighted by Gasteiger charge is -2.12. The molecule has 0 aliphatic rings. The molecular formula is C19H21N3O3S. The molecule has 0 saturated heterocycles. The minimum absolute atomic E-state index is 0.186. The Kier molecular flexibility index (Phi) is 5.20. The van der Waals surface area contributed by atoms with Crippen LogP contribution in [0.4, 0.5) is 0 Å². The maximum atomic E-state index is 12.6. The summed E-state index contributed by atoms with van der Waals surface area (Å²) in [5.74, 6) is 0.817. The van der Waals surface area contributed by atoms with Crippen LogP contribution in [0, 0.1) is 20.8 Å². The van der Waals surface area contributed by atoms with Gasteiger partial charge in [-0.25, -0.2) is 13.1 Å². The molecule has 7 heteroatoms. The van der Waals surface area contributed by atoms with Crippen molar-refractivity contribution in [2.45, 2.75) is 32.1 Å². The second-order valence-electron chi connectivity index (χ2n) is 6.24. The molecule has 6 nitrogen and oxygen atoms in total. The highest BCUT2D eigenvalue weighted by molar-refractivity contribution is 7.89. The van der Waals surface area contributed by atoms with Crippen LogP contribution >= 0.6 is 0 Å². The lowest BCUT2D eigenvalue weighted by molar-refractivity contribution is 0.502. The number of nitrogens with one attached hydrogen (secondary N) is 1. The molecule has 2 aromatic carbocycles. The summed E-state index contributed by atoms with van der Waals surface area (Å²) in [4.78, 5) is 0.332. The fourth-order valence-electron chi connectivity index (χ4n) is 3.01. The van der Waals surface area contributed by atoms with Gasteiger partial charge in [0.2, 0.25) is 21.8 Å². The molecular weight excluding hydrogens is 350 g/mol. The van der Waals surface area contributed by atoms with Gasteiger partial charge in [0.15, 0.2) is 0 Å². The SMILES string of the molecule is Cc1cc(C)c(S(=O)(=O)NCCc2nnc(-c3ccccc3)o2)c(C)c1. The molecule has 0 unspecified atom stereocenters. The average molecular weight is 371 g/mol. The molecule has 0 atom stereocenters. The first-order valence-electron chi connectivity index (χ1n) is 8.32. The summed E-state index contributed by atoms with van der Waals surface area (Å²) in [5, 5.41) is 7.98. The second kappa shape index (κ2) is 7.39. The standard InChI is InChI=1S/C19H21N3O3S/c1-13-11-14(2)18(15(3)12-13)26(23,24)20-10-9-17-21-22-19(25-17)16-7-5-4-6-8-16/h4-8,11-12,20H,9-10H2,1-3H3. The summed E-state index contributed by atoms with van der Waals surface area (Å²) in [6.45, 7) is 5.74. The van der Waals surface area contributed by atoms with Gasteiger partial charge >= 0.3 is 0 Å². The fourth-order valence-corrected chi connectivity index (χ4v) is 4.49. The van der Waals surface area contributed by atoms with Crippen LogP contribution in [0.25, 0.3) is 11.5 Å². The largest absolute Gasteiger partial charge is 0.421 e. The van der Waals surface area contributed by atoms with Crippen LogP contribution in [-0.4, -0.2) is 25.2 Å². The Hall–Kier alpha value is -2.51. The van der Waals surface area contributed by atoms with E-state index in [1.54, 1.807) is 13.8 Å². The first-order valence-corrected chi connectivity index (χ1v) is 9.80. The Bertz CT molecular complexity index is 989. The summed E-state index contributed by atoms with van der Waals surface area (Å²) in [5.41, 5.74) is 3.34. The predicted molar refractivity (Wildman–Crippen MR) is 99.3 cm³/mol. The number of aromatic nitrogens is 2. The molecule has 1 N–H and O–H groups in total. The number of rotatable bonds is 6. The van der Waals surface area contributed by atoms with Crippen molar-refractivity contribution < 1.29 is 12.8 Å². The Morgan fingerprint density at radius 1 is 1.00 bits per heavy atom. The summed E-state index contributed by atoms with van der Waals surface area (Å²) in [7, 11) is -3.59. The Labute approximate surface area is 153 Å². The molecule has 0 aliphatic carbocycles. The van der Waals surface area contributed by atoms with E-state index in [1.807, 2.05) is 49.4 Å². The highest BCUT2D eigenvalue weighted by atomic mass is 32.2. The lowest BCUT2D eigenvalue weighted by atomic mass is 10.1. The smallest absolute Gasteiger partial charge is 0.247 e.